The topological polar surface area (TPSA) is 69.5 Å². The minimum atomic E-state index is -0.307. The molecule has 2 aliphatic rings. The molecule has 2 saturated heterocycles. The maximum Gasteiger partial charge on any atom is 0.293 e. The van der Waals surface area contributed by atoms with Crippen LogP contribution in [0.15, 0.2) is 24.3 Å². The molecule has 0 N–H and O–H groups in total. The zero-order valence-corrected chi connectivity index (χ0v) is 17.0. The van der Waals surface area contributed by atoms with Gasteiger partial charge in [0, 0.05) is 38.5 Å². The lowest BCUT2D eigenvalue weighted by molar-refractivity contribution is -0.146. The highest BCUT2D eigenvalue weighted by Gasteiger charge is 2.40. The third kappa shape index (κ3) is 3.66. The number of para-hydroxylation sites is 1. The Morgan fingerprint density at radius 3 is 2.68 bits per heavy atom. The predicted octanol–water partition coefficient (Wildman–Crippen LogP) is 3.07. The Bertz CT molecular complexity index is 855. The molecule has 8 heteroatoms. The van der Waals surface area contributed by atoms with Gasteiger partial charge in [-0.05, 0) is 12.1 Å². The van der Waals surface area contributed by atoms with Crippen LogP contribution in [0.3, 0.4) is 0 Å². The Morgan fingerprint density at radius 1 is 1.21 bits per heavy atom. The number of morpholine rings is 1. The molecule has 0 saturated carbocycles. The number of hydrogen-bond donors (Lipinski definition) is 0. The summed E-state index contributed by atoms with van der Waals surface area (Å²) in [5.74, 6) is 0.844. The quantitative estimate of drug-likeness (QED) is 0.786. The molecule has 1 amide bonds. The standard InChI is InChI=1S/C20H25ClN4O3/c1-14(2)18-22-17(23-25(18)16-6-4-3-5-15(16)21)19(26)24-9-12-28-20(13-24)7-10-27-11-8-20/h3-6,14H,7-13H2,1-2H3. The number of carbonyl (C=O) groups excluding carboxylic acids is 1. The van der Waals surface area contributed by atoms with Crippen molar-refractivity contribution in [1.82, 2.24) is 19.7 Å². The molecule has 1 aromatic carbocycles. The van der Waals surface area contributed by atoms with Gasteiger partial charge >= 0.3 is 0 Å². The Hall–Kier alpha value is -1.96. The number of benzene rings is 1. The van der Waals surface area contributed by atoms with Gasteiger partial charge in [-0.3, -0.25) is 4.79 Å². The molecule has 1 aromatic heterocycles. The van der Waals surface area contributed by atoms with Crippen molar-refractivity contribution >= 4 is 17.5 Å². The van der Waals surface area contributed by atoms with E-state index in [0.717, 1.165) is 18.5 Å². The van der Waals surface area contributed by atoms with Crippen LogP contribution in [0.25, 0.3) is 5.69 Å². The second kappa shape index (κ2) is 7.81. The number of halogens is 1. The molecule has 0 aliphatic carbocycles. The molecule has 28 heavy (non-hydrogen) atoms. The highest BCUT2D eigenvalue weighted by molar-refractivity contribution is 6.32. The third-order valence-corrected chi connectivity index (χ3v) is 5.68. The summed E-state index contributed by atoms with van der Waals surface area (Å²) in [6.45, 7) is 6.99. The SMILES string of the molecule is CC(C)c1nc(C(=O)N2CCOC3(CCOCC3)C2)nn1-c1ccccc1Cl. The number of nitrogens with zero attached hydrogens (tertiary/aromatic N) is 4. The summed E-state index contributed by atoms with van der Waals surface area (Å²) in [5.41, 5.74) is 0.417. The summed E-state index contributed by atoms with van der Waals surface area (Å²) < 4.78 is 13.2. The van der Waals surface area contributed by atoms with Crippen molar-refractivity contribution in [3.63, 3.8) is 0 Å². The lowest BCUT2D eigenvalue weighted by Crippen LogP contribution is -2.56. The van der Waals surface area contributed by atoms with Gasteiger partial charge in [0.25, 0.3) is 5.91 Å². The first-order valence-electron chi connectivity index (χ1n) is 9.72. The molecular weight excluding hydrogens is 380 g/mol. The summed E-state index contributed by atoms with van der Waals surface area (Å²) in [6.07, 6.45) is 1.60. The van der Waals surface area contributed by atoms with Crippen molar-refractivity contribution in [2.45, 2.75) is 38.2 Å². The maximum atomic E-state index is 13.2. The average Bonchev–Trinajstić information content (AvgIpc) is 3.14. The first-order chi connectivity index (χ1) is 13.5. The number of ether oxygens (including phenoxy) is 2. The largest absolute Gasteiger partial charge is 0.381 e. The van der Waals surface area contributed by atoms with Crippen molar-refractivity contribution in [3.05, 3.63) is 40.9 Å². The van der Waals surface area contributed by atoms with Crippen molar-refractivity contribution in [2.75, 3.05) is 32.9 Å². The van der Waals surface area contributed by atoms with Crippen molar-refractivity contribution in [3.8, 4) is 5.69 Å². The Balaban J connectivity index is 1.63. The van der Waals surface area contributed by atoms with Gasteiger partial charge in [0.15, 0.2) is 0 Å². The van der Waals surface area contributed by atoms with Crippen LogP contribution in [-0.4, -0.2) is 64.1 Å². The Morgan fingerprint density at radius 2 is 1.96 bits per heavy atom. The molecule has 1 spiro atoms. The fourth-order valence-corrected chi connectivity index (χ4v) is 4.01. The first-order valence-corrected chi connectivity index (χ1v) is 10.1. The molecule has 2 aromatic rings. The van der Waals surface area contributed by atoms with Gasteiger partial charge in [-0.25, -0.2) is 9.67 Å². The molecule has 2 aliphatic heterocycles. The van der Waals surface area contributed by atoms with Gasteiger partial charge in [-0.15, -0.1) is 5.10 Å². The van der Waals surface area contributed by atoms with Gasteiger partial charge in [0.05, 0.1) is 29.5 Å². The second-order valence-corrected chi connectivity index (χ2v) is 8.09. The number of rotatable bonds is 3. The molecule has 7 nitrogen and oxygen atoms in total. The number of amides is 1. The Kier molecular flexibility index (Phi) is 5.40. The molecule has 4 rings (SSSR count). The van der Waals surface area contributed by atoms with Crippen molar-refractivity contribution < 1.29 is 14.3 Å². The number of carbonyl (C=O) groups is 1. The fourth-order valence-electron chi connectivity index (χ4n) is 3.79. The van der Waals surface area contributed by atoms with Crippen LogP contribution in [0, 0.1) is 0 Å². The second-order valence-electron chi connectivity index (χ2n) is 7.68. The van der Waals surface area contributed by atoms with Gasteiger partial charge in [0.1, 0.15) is 5.82 Å². The lowest BCUT2D eigenvalue weighted by Gasteiger charge is -2.44. The molecule has 150 valence electrons. The predicted molar refractivity (Wildman–Crippen MR) is 105 cm³/mol. The molecular formula is C20H25ClN4O3. The fraction of sp³-hybridized carbons (Fsp3) is 0.550. The summed E-state index contributed by atoms with van der Waals surface area (Å²) in [7, 11) is 0. The molecule has 0 unspecified atom stereocenters. The van der Waals surface area contributed by atoms with E-state index in [1.807, 2.05) is 36.9 Å². The van der Waals surface area contributed by atoms with E-state index >= 15 is 0 Å². The average molecular weight is 405 g/mol. The van der Waals surface area contributed by atoms with E-state index in [0.29, 0.717) is 43.8 Å². The number of aromatic nitrogens is 3. The normalized spacial score (nSPS) is 19.4. The van der Waals surface area contributed by atoms with Crippen LogP contribution >= 0.6 is 11.6 Å². The van der Waals surface area contributed by atoms with Gasteiger partial charge in [-0.2, -0.15) is 0 Å². The minimum absolute atomic E-state index is 0.0943. The molecule has 0 radical (unpaired) electrons. The highest BCUT2D eigenvalue weighted by atomic mass is 35.5. The van der Waals surface area contributed by atoms with E-state index in [1.54, 1.807) is 10.7 Å². The maximum absolute atomic E-state index is 13.2. The van der Waals surface area contributed by atoms with E-state index < -0.39 is 0 Å². The van der Waals surface area contributed by atoms with Gasteiger partial charge in [-0.1, -0.05) is 37.6 Å². The molecule has 0 bridgehead atoms. The van der Waals surface area contributed by atoms with Crippen LogP contribution in [0.4, 0.5) is 0 Å². The van der Waals surface area contributed by atoms with Crippen LogP contribution < -0.4 is 0 Å². The van der Waals surface area contributed by atoms with Crippen LogP contribution in [-0.2, 0) is 9.47 Å². The van der Waals surface area contributed by atoms with E-state index in [1.165, 1.54) is 0 Å². The minimum Gasteiger partial charge on any atom is -0.381 e. The lowest BCUT2D eigenvalue weighted by atomic mass is 9.92. The van der Waals surface area contributed by atoms with Crippen LogP contribution in [0.2, 0.25) is 5.02 Å². The first kappa shape index (κ1) is 19.4. The number of hydrogen-bond acceptors (Lipinski definition) is 5. The zero-order chi connectivity index (χ0) is 19.7. The van der Waals surface area contributed by atoms with E-state index in [2.05, 4.69) is 10.1 Å². The van der Waals surface area contributed by atoms with E-state index in [4.69, 9.17) is 21.1 Å². The summed E-state index contributed by atoms with van der Waals surface area (Å²) in [4.78, 5) is 19.6. The van der Waals surface area contributed by atoms with Crippen LogP contribution in [0.1, 0.15) is 49.1 Å². The van der Waals surface area contributed by atoms with Crippen LogP contribution in [0.5, 0.6) is 0 Å². The van der Waals surface area contributed by atoms with Crippen molar-refractivity contribution in [1.29, 1.82) is 0 Å². The Labute approximate surface area is 169 Å². The summed E-state index contributed by atoms with van der Waals surface area (Å²) >= 11 is 6.36. The smallest absolute Gasteiger partial charge is 0.293 e. The molecule has 3 heterocycles. The molecule has 0 atom stereocenters. The van der Waals surface area contributed by atoms with Gasteiger partial charge in [0.2, 0.25) is 5.82 Å². The summed E-state index contributed by atoms with van der Waals surface area (Å²) in [5, 5.41) is 5.11. The van der Waals surface area contributed by atoms with Crippen molar-refractivity contribution in [2.24, 2.45) is 0 Å². The summed E-state index contributed by atoms with van der Waals surface area (Å²) in [6, 6.07) is 7.44. The van der Waals surface area contributed by atoms with E-state index in [9.17, 15) is 4.79 Å². The zero-order valence-electron chi connectivity index (χ0n) is 16.2. The molecule has 2 fully saturated rings. The highest BCUT2D eigenvalue weighted by Crippen LogP contribution is 2.30. The third-order valence-electron chi connectivity index (χ3n) is 5.36. The monoisotopic (exact) mass is 404 g/mol. The van der Waals surface area contributed by atoms with E-state index in [-0.39, 0.29) is 23.3 Å². The van der Waals surface area contributed by atoms with Gasteiger partial charge < -0.3 is 14.4 Å².